The Labute approximate surface area is 142 Å². The number of benzene rings is 2. The van der Waals surface area contributed by atoms with Crippen molar-refractivity contribution in [1.82, 2.24) is 10.3 Å². The summed E-state index contributed by atoms with van der Waals surface area (Å²) in [4.78, 5) is 27.4. The van der Waals surface area contributed by atoms with Crippen LogP contribution in [0.25, 0.3) is 10.9 Å². The molecule has 1 heterocycles. The Bertz CT molecular complexity index is 856. The van der Waals surface area contributed by atoms with Crippen LogP contribution in [0.3, 0.4) is 0 Å². The first-order valence-electron chi connectivity index (χ1n) is 7.28. The average molecular weight is 371 g/mol. The number of amides is 1. The summed E-state index contributed by atoms with van der Waals surface area (Å²) in [5.74, 6) is -1.11. The molecule has 1 aromatic heterocycles. The predicted octanol–water partition coefficient (Wildman–Crippen LogP) is 3.47. The molecule has 0 saturated heterocycles. The third kappa shape index (κ3) is 3.51. The van der Waals surface area contributed by atoms with E-state index < -0.39 is 11.7 Å². The molecule has 0 atom stereocenters. The fraction of sp³-hybridized carbons (Fsp3) is 0.111. The van der Waals surface area contributed by atoms with Crippen molar-refractivity contribution < 1.29 is 9.59 Å². The normalized spacial score (nSPS) is 10.7. The predicted molar refractivity (Wildman–Crippen MR) is 93.5 cm³/mol. The molecule has 0 aliphatic carbocycles. The fourth-order valence-electron chi connectivity index (χ4n) is 2.45. The number of carbonyl (C=O) groups is 2. The summed E-state index contributed by atoms with van der Waals surface area (Å²) in [6.45, 7) is 0.431. The number of nitrogens with one attached hydrogen (secondary N) is 2. The molecule has 3 aromatic rings. The highest BCUT2D eigenvalue weighted by Crippen LogP contribution is 2.23. The number of H-pyrrole nitrogens is 1. The Morgan fingerprint density at radius 3 is 2.65 bits per heavy atom. The van der Waals surface area contributed by atoms with Crippen LogP contribution in [0, 0.1) is 0 Å². The summed E-state index contributed by atoms with van der Waals surface area (Å²) in [6.07, 6.45) is 2.27. The molecule has 0 aliphatic rings. The molecule has 3 rings (SSSR count). The topological polar surface area (TPSA) is 62.0 Å². The maximum atomic E-state index is 12.3. The van der Waals surface area contributed by atoms with Gasteiger partial charge in [0, 0.05) is 28.1 Å². The Kier molecular flexibility index (Phi) is 4.57. The van der Waals surface area contributed by atoms with Gasteiger partial charge >= 0.3 is 0 Å². The van der Waals surface area contributed by atoms with Gasteiger partial charge in [0.1, 0.15) is 0 Å². The van der Waals surface area contributed by atoms with Crippen LogP contribution in [-0.4, -0.2) is 23.2 Å². The first-order valence-corrected chi connectivity index (χ1v) is 8.07. The number of rotatable bonds is 5. The van der Waals surface area contributed by atoms with Crippen LogP contribution in [0.4, 0.5) is 0 Å². The first-order chi connectivity index (χ1) is 11.1. The standard InChI is InChI=1S/C18H15BrN2O2/c19-13-6-7-16-14(10-13)15(11-21-16)17(22)18(23)20-9-8-12-4-2-1-3-5-12/h1-7,10-11,21H,8-9H2,(H,20,23). The molecule has 5 heteroatoms. The van der Waals surface area contributed by atoms with Crippen LogP contribution in [0.15, 0.2) is 59.2 Å². The molecule has 4 nitrogen and oxygen atoms in total. The van der Waals surface area contributed by atoms with Gasteiger partial charge in [-0.05, 0) is 30.2 Å². The van der Waals surface area contributed by atoms with Gasteiger partial charge in [-0.15, -0.1) is 0 Å². The number of carbonyl (C=O) groups excluding carboxylic acids is 2. The van der Waals surface area contributed by atoms with E-state index in [-0.39, 0.29) is 0 Å². The highest BCUT2D eigenvalue weighted by Gasteiger charge is 2.19. The van der Waals surface area contributed by atoms with E-state index in [2.05, 4.69) is 26.2 Å². The molecular weight excluding hydrogens is 356 g/mol. The van der Waals surface area contributed by atoms with Gasteiger partial charge in [0.15, 0.2) is 0 Å². The number of aromatic amines is 1. The molecule has 0 aliphatic heterocycles. The second-order valence-corrected chi connectivity index (χ2v) is 6.13. The lowest BCUT2D eigenvalue weighted by atomic mass is 10.1. The van der Waals surface area contributed by atoms with Crippen LogP contribution in [0.1, 0.15) is 15.9 Å². The van der Waals surface area contributed by atoms with Crippen molar-refractivity contribution in [1.29, 1.82) is 0 Å². The SMILES string of the molecule is O=C(NCCc1ccccc1)C(=O)c1c[nH]c2ccc(Br)cc12. The molecule has 0 spiro atoms. The fourth-order valence-corrected chi connectivity index (χ4v) is 2.81. The van der Waals surface area contributed by atoms with Crippen molar-refractivity contribution in [2.24, 2.45) is 0 Å². The second-order valence-electron chi connectivity index (χ2n) is 5.21. The summed E-state index contributed by atoms with van der Waals surface area (Å²) >= 11 is 3.38. The third-order valence-corrected chi connectivity index (χ3v) is 4.13. The maximum absolute atomic E-state index is 12.3. The lowest BCUT2D eigenvalue weighted by molar-refractivity contribution is -0.116. The number of hydrogen-bond donors (Lipinski definition) is 2. The van der Waals surface area contributed by atoms with Gasteiger partial charge in [-0.25, -0.2) is 0 Å². The molecule has 0 radical (unpaired) electrons. The zero-order valence-corrected chi connectivity index (χ0v) is 13.9. The van der Waals surface area contributed by atoms with Gasteiger partial charge in [-0.2, -0.15) is 0 Å². The van der Waals surface area contributed by atoms with Crippen molar-refractivity contribution in [3.05, 3.63) is 70.3 Å². The Balaban J connectivity index is 1.67. The Morgan fingerprint density at radius 1 is 1.09 bits per heavy atom. The number of halogens is 1. The minimum absolute atomic E-state index is 0.388. The zero-order chi connectivity index (χ0) is 16.2. The average Bonchev–Trinajstić information content (AvgIpc) is 2.98. The van der Waals surface area contributed by atoms with E-state index in [1.54, 1.807) is 6.20 Å². The first kappa shape index (κ1) is 15.5. The minimum atomic E-state index is -0.582. The van der Waals surface area contributed by atoms with E-state index in [9.17, 15) is 9.59 Å². The van der Waals surface area contributed by atoms with Crippen molar-refractivity contribution in [3.63, 3.8) is 0 Å². The summed E-state index contributed by atoms with van der Waals surface area (Å²) in [7, 11) is 0. The molecule has 0 bridgehead atoms. The molecule has 2 aromatic carbocycles. The molecule has 0 unspecified atom stereocenters. The zero-order valence-electron chi connectivity index (χ0n) is 12.3. The maximum Gasteiger partial charge on any atom is 0.292 e. The quantitative estimate of drug-likeness (QED) is 0.533. The summed E-state index contributed by atoms with van der Waals surface area (Å²) < 4.78 is 0.864. The van der Waals surface area contributed by atoms with E-state index in [1.165, 1.54) is 0 Å². The van der Waals surface area contributed by atoms with Crippen LogP contribution in [0.2, 0.25) is 0 Å². The van der Waals surface area contributed by atoms with Gasteiger partial charge in [-0.3, -0.25) is 9.59 Å². The highest BCUT2D eigenvalue weighted by molar-refractivity contribution is 9.10. The minimum Gasteiger partial charge on any atom is -0.360 e. The number of aromatic nitrogens is 1. The van der Waals surface area contributed by atoms with E-state index in [0.717, 1.165) is 20.9 Å². The summed E-state index contributed by atoms with van der Waals surface area (Å²) in [5.41, 5.74) is 2.34. The second kappa shape index (κ2) is 6.79. The van der Waals surface area contributed by atoms with Crippen molar-refractivity contribution in [3.8, 4) is 0 Å². The Hall–Kier alpha value is -2.40. The van der Waals surface area contributed by atoms with Gasteiger partial charge in [0.2, 0.25) is 0 Å². The van der Waals surface area contributed by atoms with Gasteiger partial charge in [0.05, 0.1) is 5.56 Å². The van der Waals surface area contributed by atoms with E-state index in [1.807, 2.05) is 48.5 Å². The van der Waals surface area contributed by atoms with E-state index in [0.29, 0.717) is 18.5 Å². The monoisotopic (exact) mass is 370 g/mol. The number of fused-ring (bicyclic) bond motifs is 1. The van der Waals surface area contributed by atoms with E-state index >= 15 is 0 Å². The number of ketones is 1. The largest absolute Gasteiger partial charge is 0.360 e. The molecule has 23 heavy (non-hydrogen) atoms. The summed E-state index contributed by atoms with van der Waals surface area (Å²) in [6, 6.07) is 15.4. The van der Waals surface area contributed by atoms with Gasteiger partial charge in [-0.1, -0.05) is 46.3 Å². The van der Waals surface area contributed by atoms with E-state index in [4.69, 9.17) is 0 Å². The molecular formula is C18H15BrN2O2. The van der Waals surface area contributed by atoms with Crippen LogP contribution in [-0.2, 0) is 11.2 Å². The van der Waals surface area contributed by atoms with Crippen LogP contribution >= 0.6 is 15.9 Å². The number of hydrogen-bond acceptors (Lipinski definition) is 2. The molecule has 0 saturated carbocycles. The van der Waals surface area contributed by atoms with Crippen molar-refractivity contribution >= 4 is 38.5 Å². The lowest BCUT2D eigenvalue weighted by Crippen LogP contribution is -2.32. The van der Waals surface area contributed by atoms with Gasteiger partial charge < -0.3 is 10.3 Å². The molecule has 116 valence electrons. The molecule has 1 amide bonds. The number of Topliss-reactive ketones (excluding diaryl/α,β-unsaturated/α-hetero) is 1. The van der Waals surface area contributed by atoms with Gasteiger partial charge in [0.25, 0.3) is 11.7 Å². The smallest absolute Gasteiger partial charge is 0.292 e. The highest BCUT2D eigenvalue weighted by atomic mass is 79.9. The van der Waals surface area contributed by atoms with Crippen LogP contribution < -0.4 is 5.32 Å². The van der Waals surface area contributed by atoms with Crippen molar-refractivity contribution in [2.45, 2.75) is 6.42 Å². The molecule has 0 fully saturated rings. The van der Waals surface area contributed by atoms with Crippen LogP contribution in [0.5, 0.6) is 0 Å². The van der Waals surface area contributed by atoms with Crippen molar-refractivity contribution in [2.75, 3.05) is 6.54 Å². The Morgan fingerprint density at radius 2 is 1.87 bits per heavy atom. The third-order valence-electron chi connectivity index (χ3n) is 3.64. The molecule has 2 N–H and O–H groups in total. The lowest BCUT2D eigenvalue weighted by Gasteiger charge is -2.04. The summed E-state index contributed by atoms with van der Waals surface area (Å²) in [5, 5.41) is 3.42.